The Morgan fingerprint density at radius 3 is 2.37 bits per heavy atom. The van der Waals surface area contributed by atoms with E-state index in [0.717, 1.165) is 92.0 Å². The van der Waals surface area contributed by atoms with Crippen molar-refractivity contribution in [3.63, 3.8) is 0 Å². The van der Waals surface area contributed by atoms with E-state index in [4.69, 9.17) is 36.0 Å². The maximum atomic E-state index is 6.08. The smallest absolute Gasteiger partial charge is 0.228 e. The number of fused-ring (bicyclic) bond motifs is 1. The number of nitrogens with zero attached hydrogens (tertiary/aromatic N) is 6. The maximum absolute atomic E-state index is 6.08. The van der Waals surface area contributed by atoms with E-state index in [2.05, 4.69) is 44.9 Å². The standard InChI is InChI=1S/C28H32ClN7O2/c1-34-25-18-20(2-7-23(25)31-27(34)8-9-35-10-14-37-15-11-35)24-19-26(30-22-5-3-21(29)4-6-22)33-28(32-24)36-12-16-38-17-13-36/h2-7,18-19H,8-17H2,1H3,(H,30,32,33). The fourth-order valence-electron chi connectivity index (χ4n) is 4.94. The van der Waals surface area contributed by atoms with Crippen LogP contribution in [-0.4, -0.2) is 83.6 Å². The second-order valence-electron chi connectivity index (χ2n) is 9.66. The molecule has 9 nitrogen and oxygen atoms in total. The van der Waals surface area contributed by atoms with Crippen LogP contribution in [0.25, 0.3) is 22.3 Å². The summed E-state index contributed by atoms with van der Waals surface area (Å²) in [5.41, 5.74) is 4.89. The number of hydrogen-bond donors (Lipinski definition) is 1. The molecule has 38 heavy (non-hydrogen) atoms. The molecule has 2 saturated heterocycles. The van der Waals surface area contributed by atoms with Gasteiger partial charge in [-0.15, -0.1) is 0 Å². The zero-order valence-electron chi connectivity index (χ0n) is 21.6. The van der Waals surface area contributed by atoms with Crippen LogP contribution in [0, 0.1) is 0 Å². The van der Waals surface area contributed by atoms with Crippen LogP contribution in [-0.2, 0) is 22.9 Å². The van der Waals surface area contributed by atoms with Gasteiger partial charge in [0, 0.05) is 68.5 Å². The van der Waals surface area contributed by atoms with Gasteiger partial charge in [0.2, 0.25) is 5.95 Å². The fraction of sp³-hybridized carbons (Fsp3) is 0.393. The monoisotopic (exact) mass is 533 g/mol. The summed E-state index contributed by atoms with van der Waals surface area (Å²) >= 11 is 6.08. The summed E-state index contributed by atoms with van der Waals surface area (Å²) in [6.07, 6.45) is 0.907. The highest BCUT2D eigenvalue weighted by Gasteiger charge is 2.18. The number of hydrogen-bond acceptors (Lipinski definition) is 8. The van der Waals surface area contributed by atoms with Gasteiger partial charge in [0.05, 0.1) is 43.2 Å². The summed E-state index contributed by atoms with van der Waals surface area (Å²) in [5, 5.41) is 4.12. The van der Waals surface area contributed by atoms with Crippen molar-refractivity contribution < 1.29 is 9.47 Å². The van der Waals surface area contributed by atoms with Gasteiger partial charge in [0.1, 0.15) is 11.6 Å². The SMILES string of the molecule is Cn1c(CCN2CCOCC2)nc2ccc(-c3cc(Nc4ccc(Cl)cc4)nc(N4CCOCC4)n3)cc21. The van der Waals surface area contributed by atoms with Crippen molar-refractivity contribution >= 4 is 40.1 Å². The highest BCUT2D eigenvalue weighted by Crippen LogP contribution is 2.29. The van der Waals surface area contributed by atoms with Crippen LogP contribution in [0.4, 0.5) is 17.5 Å². The molecular weight excluding hydrogens is 502 g/mol. The molecule has 0 radical (unpaired) electrons. The van der Waals surface area contributed by atoms with Crippen LogP contribution in [0.2, 0.25) is 5.02 Å². The molecule has 0 unspecified atom stereocenters. The van der Waals surface area contributed by atoms with Crippen molar-refractivity contribution in [1.29, 1.82) is 0 Å². The van der Waals surface area contributed by atoms with Gasteiger partial charge in [0.15, 0.2) is 0 Å². The van der Waals surface area contributed by atoms with Crippen LogP contribution in [0.5, 0.6) is 0 Å². The summed E-state index contributed by atoms with van der Waals surface area (Å²) in [5.74, 6) is 2.51. The minimum atomic E-state index is 0.668. The predicted octanol–water partition coefficient (Wildman–Crippen LogP) is 4.14. The number of anilines is 3. The molecule has 0 spiro atoms. The van der Waals surface area contributed by atoms with Gasteiger partial charge in [-0.3, -0.25) is 4.90 Å². The molecule has 2 aromatic carbocycles. The lowest BCUT2D eigenvalue weighted by Gasteiger charge is -2.27. The molecule has 2 aliphatic heterocycles. The molecule has 1 N–H and O–H groups in total. The highest BCUT2D eigenvalue weighted by molar-refractivity contribution is 6.30. The van der Waals surface area contributed by atoms with Crippen molar-refractivity contribution in [3.05, 3.63) is 59.4 Å². The third kappa shape index (κ3) is 5.61. The van der Waals surface area contributed by atoms with Crippen LogP contribution in [0.3, 0.4) is 0 Å². The Morgan fingerprint density at radius 2 is 1.61 bits per heavy atom. The van der Waals surface area contributed by atoms with E-state index >= 15 is 0 Å². The zero-order chi connectivity index (χ0) is 25.9. The maximum Gasteiger partial charge on any atom is 0.228 e. The molecule has 0 atom stereocenters. The molecule has 0 amide bonds. The van der Waals surface area contributed by atoms with Gasteiger partial charge in [-0.05, 0) is 36.4 Å². The van der Waals surface area contributed by atoms with Crippen molar-refractivity contribution in [2.75, 3.05) is 69.4 Å². The molecule has 4 heterocycles. The lowest BCUT2D eigenvalue weighted by Crippen LogP contribution is -2.37. The fourth-order valence-corrected chi connectivity index (χ4v) is 5.06. The van der Waals surface area contributed by atoms with Gasteiger partial charge in [0.25, 0.3) is 0 Å². The molecule has 0 aliphatic carbocycles. The van der Waals surface area contributed by atoms with Gasteiger partial charge >= 0.3 is 0 Å². The average Bonchev–Trinajstić information content (AvgIpc) is 3.28. The molecule has 2 fully saturated rings. The molecular formula is C28H32ClN7O2. The summed E-state index contributed by atoms with van der Waals surface area (Å²) < 4.78 is 13.2. The van der Waals surface area contributed by atoms with E-state index in [1.165, 1.54) is 0 Å². The lowest BCUT2D eigenvalue weighted by atomic mass is 10.1. The van der Waals surface area contributed by atoms with E-state index < -0.39 is 0 Å². The first-order chi connectivity index (χ1) is 18.6. The van der Waals surface area contributed by atoms with Crippen LogP contribution in [0.15, 0.2) is 48.5 Å². The zero-order valence-corrected chi connectivity index (χ0v) is 22.3. The molecule has 6 rings (SSSR count). The van der Waals surface area contributed by atoms with Crippen molar-refractivity contribution in [1.82, 2.24) is 24.4 Å². The number of nitrogens with one attached hydrogen (secondary N) is 1. The Balaban J connectivity index is 1.31. The lowest BCUT2D eigenvalue weighted by molar-refractivity contribution is 0.0382. The van der Waals surface area contributed by atoms with Gasteiger partial charge in [-0.25, -0.2) is 9.97 Å². The number of benzene rings is 2. The first-order valence-corrected chi connectivity index (χ1v) is 13.5. The number of rotatable bonds is 7. The third-order valence-electron chi connectivity index (χ3n) is 7.15. The van der Waals surface area contributed by atoms with Gasteiger partial charge in [-0.2, -0.15) is 4.98 Å². The van der Waals surface area contributed by atoms with Crippen molar-refractivity contribution in [2.24, 2.45) is 7.05 Å². The summed E-state index contributed by atoms with van der Waals surface area (Å²) in [6.45, 7) is 7.44. The van der Waals surface area contributed by atoms with E-state index in [-0.39, 0.29) is 0 Å². The van der Waals surface area contributed by atoms with Crippen LogP contribution < -0.4 is 10.2 Å². The number of aryl methyl sites for hydroxylation is 1. The summed E-state index contributed by atoms with van der Waals surface area (Å²) in [4.78, 5) is 19.4. The number of aromatic nitrogens is 4. The first kappa shape index (κ1) is 25.1. The van der Waals surface area contributed by atoms with E-state index in [1.807, 2.05) is 30.3 Å². The van der Waals surface area contributed by atoms with Crippen molar-refractivity contribution in [3.8, 4) is 11.3 Å². The Hall–Kier alpha value is -3.24. The number of ether oxygens (including phenoxy) is 2. The number of morpholine rings is 2. The Labute approximate surface area is 227 Å². The van der Waals surface area contributed by atoms with Crippen LogP contribution in [0.1, 0.15) is 5.82 Å². The summed E-state index contributed by atoms with van der Waals surface area (Å²) in [7, 11) is 2.10. The van der Waals surface area contributed by atoms with Gasteiger partial charge in [-0.1, -0.05) is 17.7 Å². The largest absolute Gasteiger partial charge is 0.379 e. The third-order valence-corrected chi connectivity index (χ3v) is 7.40. The predicted molar refractivity (Wildman–Crippen MR) is 150 cm³/mol. The number of halogens is 1. The summed E-state index contributed by atoms with van der Waals surface area (Å²) in [6, 6.07) is 16.0. The molecule has 198 valence electrons. The second-order valence-corrected chi connectivity index (χ2v) is 10.1. The van der Waals surface area contributed by atoms with Crippen molar-refractivity contribution in [2.45, 2.75) is 6.42 Å². The second kappa shape index (κ2) is 11.2. The molecule has 2 aromatic heterocycles. The average molecular weight is 534 g/mol. The minimum absolute atomic E-state index is 0.668. The normalized spacial score (nSPS) is 16.7. The molecule has 0 bridgehead atoms. The van der Waals surface area contributed by atoms with Gasteiger partial charge < -0.3 is 24.3 Å². The molecule has 2 aliphatic rings. The van der Waals surface area contributed by atoms with E-state index in [0.29, 0.717) is 24.2 Å². The number of imidazole rings is 1. The minimum Gasteiger partial charge on any atom is -0.379 e. The Bertz CT molecular complexity index is 1400. The Morgan fingerprint density at radius 1 is 0.868 bits per heavy atom. The quantitative estimate of drug-likeness (QED) is 0.380. The van der Waals surface area contributed by atoms with E-state index in [9.17, 15) is 0 Å². The Kier molecular flexibility index (Phi) is 7.42. The topological polar surface area (TPSA) is 80.6 Å². The molecule has 0 saturated carbocycles. The highest BCUT2D eigenvalue weighted by atomic mass is 35.5. The molecule has 4 aromatic rings. The van der Waals surface area contributed by atoms with E-state index in [1.54, 1.807) is 0 Å². The van der Waals surface area contributed by atoms with Crippen LogP contribution >= 0.6 is 11.6 Å². The first-order valence-electron chi connectivity index (χ1n) is 13.1. The molecule has 10 heteroatoms.